The molecule has 2 N–H and O–H groups in total. The molecule has 1 radical (unpaired) electrons. The first-order valence-electron chi connectivity index (χ1n) is 4.42. The minimum Gasteiger partial charge on any atom is -0.368 e. The summed E-state index contributed by atoms with van der Waals surface area (Å²) in [6.45, 7) is 4.24. The Labute approximate surface area is 88.1 Å². The molecule has 0 spiro atoms. The lowest BCUT2D eigenvalue weighted by Gasteiger charge is -2.05. The van der Waals surface area contributed by atoms with Gasteiger partial charge >= 0.3 is 0 Å². The van der Waals surface area contributed by atoms with Gasteiger partial charge in [0.15, 0.2) is 0 Å². The second kappa shape index (κ2) is 5.60. The highest BCUT2D eigenvalue weighted by Crippen LogP contribution is 2.02. The molecule has 1 amide bonds. The highest BCUT2D eigenvalue weighted by molar-refractivity contribution is 5.79. The average molecular weight is 203 g/mol. The van der Waals surface area contributed by atoms with E-state index in [4.69, 9.17) is 5.26 Å². The molecule has 5 nitrogen and oxygen atoms in total. The summed E-state index contributed by atoms with van der Waals surface area (Å²) in [6.07, 6.45) is 1.49. The largest absolute Gasteiger partial charge is 0.368 e. The molecule has 1 aromatic heterocycles. The van der Waals surface area contributed by atoms with Crippen molar-refractivity contribution in [2.45, 2.75) is 0 Å². The van der Waals surface area contributed by atoms with Crippen molar-refractivity contribution in [3.05, 3.63) is 30.8 Å². The molecule has 5 heteroatoms. The molecule has 0 aliphatic heterocycles. The SMILES string of the molecule is [CH2]C(=O)NCCNc1ccc(C#N)cn1. The summed E-state index contributed by atoms with van der Waals surface area (Å²) in [5.41, 5.74) is 0.520. The molecule has 0 saturated carbocycles. The van der Waals surface area contributed by atoms with Crippen LogP contribution in [0, 0.1) is 18.3 Å². The van der Waals surface area contributed by atoms with Gasteiger partial charge in [-0.3, -0.25) is 4.79 Å². The number of rotatable bonds is 4. The Bertz CT molecular complexity index is 366. The Morgan fingerprint density at radius 2 is 2.33 bits per heavy atom. The number of nitrogens with zero attached hydrogens (tertiary/aromatic N) is 2. The molecule has 0 aliphatic rings. The summed E-state index contributed by atoms with van der Waals surface area (Å²) < 4.78 is 0. The quantitative estimate of drug-likeness (QED) is 0.690. The maximum Gasteiger partial charge on any atom is 0.220 e. The first-order chi connectivity index (χ1) is 7.22. The molecular weight excluding hydrogens is 192 g/mol. The molecule has 0 atom stereocenters. The number of nitriles is 1. The Kier molecular flexibility index (Phi) is 4.10. The minimum atomic E-state index is -0.301. The van der Waals surface area contributed by atoms with E-state index >= 15 is 0 Å². The lowest BCUT2D eigenvalue weighted by atomic mass is 10.3. The van der Waals surface area contributed by atoms with Gasteiger partial charge in [-0.2, -0.15) is 5.26 Å². The number of hydrogen-bond donors (Lipinski definition) is 2. The second-order valence-corrected chi connectivity index (χ2v) is 2.82. The average Bonchev–Trinajstić information content (AvgIpc) is 2.25. The molecule has 0 saturated heterocycles. The third kappa shape index (κ3) is 4.09. The molecule has 0 unspecified atom stereocenters. The molecule has 1 aromatic rings. The van der Waals surface area contributed by atoms with Crippen LogP contribution in [-0.4, -0.2) is 24.0 Å². The molecule has 0 bridgehead atoms. The van der Waals surface area contributed by atoms with E-state index in [1.807, 2.05) is 6.07 Å². The number of nitrogens with one attached hydrogen (secondary N) is 2. The van der Waals surface area contributed by atoms with Crippen LogP contribution in [0.3, 0.4) is 0 Å². The molecule has 0 fully saturated rings. The highest BCUT2D eigenvalue weighted by atomic mass is 16.1. The van der Waals surface area contributed by atoms with E-state index in [9.17, 15) is 4.79 Å². The van der Waals surface area contributed by atoms with Gasteiger partial charge in [0.1, 0.15) is 11.9 Å². The van der Waals surface area contributed by atoms with Crippen molar-refractivity contribution in [1.29, 1.82) is 5.26 Å². The van der Waals surface area contributed by atoms with Crippen LogP contribution in [0.4, 0.5) is 5.82 Å². The molecule has 77 valence electrons. The summed E-state index contributed by atoms with van der Waals surface area (Å²) in [6, 6.07) is 5.37. The first kappa shape index (κ1) is 11.0. The van der Waals surface area contributed by atoms with Gasteiger partial charge in [0.25, 0.3) is 0 Å². The van der Waals surface area contributed by atoms with Crippen molar-refractivity contribution in [2.24, 2.45) is 0 Å². The van der Waals surface area contributed by atoms with E-state index in [1.54, 1.807) is 12.1 Å². The highest BCUT2D eigenvalue weighted by Gasteiger charge is 1.94. The van der Waals surface area contributed by atoms with Crippen LogP contribution in [-0.2, 0) is 4.79 Å². The molecular formula is C10H11N4O. The predicted molar refractivity (Wildman–Crippen MR) is 55.8 cm³/mol. The standard InChI is InChI=1S/C10H11N4O/c1-8(15)12-4-5-13-10-3-2-9(6-11)7-14-10/h2-3,7H,1,4-5H2,(H,12,15)(H,13,14). The molecule has 15 heavy (non-hydrogen) atoms. The van der Waals surface area contributed by atoms with Gasteiger partial charge in [0.05, 0.1) is 5.56 Å². The van der Waals surface area contributed by atoms with E-state index in [0.29, 0.717) is 24.5 Å². The van der Waals surface area contributed by atoms with Crippen LogP contribution in [0.2, 0.25) is 0 Å². The van der Waals surface area contributed by atoms with Gasteiger partial charge in [0.2, 0.25) is 5.91 Å². The minimum absolute atomic E-state index is 0.301. The number of hydrogen-bond acceptors (Lipinski definition) is 4. The first-order valence-corrected chi connectivity index (χ1v) is 4.42. The van der Waals surface area contributed by atoms with Crippen LogP contribution in [0.25, 0.3) is 0 Å². The second-order valence-electron chi connectivity index (χ2n) is 2.82. The zero-order chi connectivity index (χ0) is 11.1. The van der Waals surface area contributed by atoms with E-state index in [2.05, 4.69) is 22.5 Å². The van der Waals surface area contributed by atoms with Crippen molar-refractivity contribution in [1.82, 2.24) is 10.3 Å². The van der Waals surface area contributed by atoms with Crippen LogP contribution < -0.4 is 10.6 Å². The van der Waals surface area contributed by atoms with E-state index < -0.39 is 0 Å². The summed E-state index contributed by atoms with van der Waals surface area (Å²) in [5, 5.41) is 14.1. The fourth-order valence-electron chi connectivity index (χ4n) is 0.957. The van der Waals surface area contributed by atoms with Gasteiger partial charge < -0.3 is 10.6 Å². The number of amides is 1. The molecule has 1 rings (SSSR count). The topological polar surface area (TPSA) is 77.8 Å². The zero-order valence-corrected chi connectivity index (χ0v) is 8.16. The molecule has 0 aliphatic carbocycles. The summed E-state index contributed by atoms with van der Waals surface area (Å²) >= 11 is 0. The Hall–Kier alpha value is -2.09. The van der Waals surface area contributed by atoms with Gasteiger partial charge in [-0.15, -0.1) is 0 Å². The summed E-state index contributed by atoms with van der Waals surface area (Å²) in [5.74, 6) is 0.372. The summed E-state index contributed by atoms with van der Waals surface area (Å²) in [4.78, 5) is 14.4. The van der Waals surface area contributed by atoms with Gasteiger partial charge in [-0.05, 0) is 12.1 Å². The number of carbonyl (C=O) groups excluding carboxylic acids is 1. The third-order valence-corrected chi connectivity index (χ3v) is 1.65. The fraction of sp³-hybridized carbons (Fsp3) is 0.200. The monoisotopic (exact) mass is 203 g/mol. The van der Waals surface area contributed by atoms with Crippen LogP contribution in [0.15, 0.2) is 18.3 Å². The van der Waals surface area contributed by atoms with Crippen LogP contribution >= 0.6 is 0 Å². The van der Waals surface area contributed by atoms with Crippen molar-refractivity contribution in [3.63, 3.8) is 0 Å². The lowest BCUT2D eigenvalue weighted by Crippen LogP contribution is -2.26. The van der Waals surface area contributed by atoms with Crippen LogP contribution in [0.1, 0.15) is 5.56 Å². The normalized spacial score (nSPS) is 9.07. The third-order valence-electron chi connectivity index (χ3n) is 1.65. The Morgan fingerprint density at radius 1 is 1.53 bits per heavy atom. The predicted octanol–water partition coefficient (Wildman–Crippen LogP) is 0.315. The van der Waals surface area contributed by atoms with Crippen molar-refractivity contribution >= 4 is 11.7 Å². The molecule has 0 aromatic carbocycles. The number of anilines is 1. The maximum atomic E-state index is 10.4. The molecule has 1 heterocycles. The van der Waals surface area contributed by atoms with E-state index in [1.165, 1.54) is 6.20 Å². The Morgan fingerprint density at radius 3 is 2.87 bits per heavy atom. The fourth-order valence-corrected chi connectivity index (χ4v) is 0.957. The summed E-state index contributed by atoms with van der Waals surface area (Å²) in [7, 11) is 0. The van der Waals surface area contributed by atoms with E-state index in [0.717, 1.165) is 0 Å². The Balaban J connectivity index is 2.32. The smallest absolute Gasteiger partial charge is 0.220 e. The zero-order valence-electron chi connectivity index (χ0n) is 8.16. The van der Waals surface area contributed by atoms with Gasteiger partial charge in [0, 0.05) is 26.2 Å². The van der Waals surface area contributed by atoms with Gasteiger partial charge in [-0.25, -0.2) is 4.98 Å². The van der Waals surface area contributed by atoms with Crippen molar-refractivity contribution in [2.75, 3.05) is 18.4 Å². The van der Waals surface area contributed by atoms with E-state index in [-0.39, 0.29) is 5.91 Å². The van der Waals surface area contributed by atoms with Crippen LogP contribution in [0.5, 0.6) is 0 Å². The number of carbonyl (C=O) groups is 1. The lowest BCUT2D eigenvalue weighted by molar-refractivity contribution is -0.116. The van der Waals surface area contributed by atoms with Crippen molar-refractivity contribution < 1.29 is 4.79 Å². The number of pyridine rings is 1. The maximum absolute atomic E-state index is 10.4. The number of aromatic nitrogens is 1. The van der Waals surface area contributed by atoms with Gasteiger partial charge in [-0.1, -0.05) is 0 Å². The van der Waals surface area contributed by atoms with Crippen molar-refractivity contribution in [3.8, 4) is 6.07 Å².